The van der Waals surface area contributed by atoms with Gasteiger partial charge >= 0.3 is 0 Å². The number of nitrogens with two attached hydrogens (primary N) is 1. The molecule has 0 amide bonds. The van der Waals surface area contributed by atoms with Gasteiger partial charge in [-0.3, -0.25) is 4.90 Å². The number of hydrogen-bond donors (Lipinski definition) is 3. The largest absolute Gasteiger partial charge is 0.370 e. The Bertz CT molecular complexity index is 437. The van der Waals surface area contributed by atoms with Gasteiger partial charge in [0.1, 0.15) is 11.6 Å². The lowest BCUT2D eigenvalue weighted by molar-refractivity contribution is 0.122. The zero-order valence-electron chi connectivity index (χ0n) is 12.6. The van der Waals surface area contributed by atoms with Gasteiger partial charge in [0.25, 0.3) is 0 Å². The van der Waals surface area contributed by atoms with Crippen LogP contribution < -0.4 is 16.4 Å². The van der Waals surface area contributed by atoms with Crippen molar-refractivity contribution in [2.45, 2.75) is 13.0 Å². The number of nitrogens with zero attached hydrogens (tertiary/aromatic N) is 4. The van der Waals surface area contributed by atoms with E-state index in [-0.39, 0.29) is 0 Å². The van der Waals surface area contributed by atoms with Gasteiger partial charge in [-0.2, -0.15) is 9.97 Å². The quantitative estimate of drug-likeness (QED) is 0.707. The maximum atomic E-state index is 5.73. The van der Waals surface area contributed by atoms with E-state index >= 15 is 0 Å². The van der Waals surface area contributed by atoms with Crippen molar-refractivity contribution in [1.82, 2.24) is 19.8 Å². The van der Waals surface area contributed by atoms with Crippen LogP contribution in [-0.4, -0.2) is 72.6 Å². The zero-order valence-corrected chi connectivity index (χ0v) is 12.6. The number of rotatable bonds is 5. The van der Waals surface area contributed by atoms with Gasteiger partial charge < -0.3 is 21.3 Å². The number of nitrogens with one attached hydrogen (secondary N) is 2. The molecule has 1 aromatic rings. The monoisotopic (exact) mass is 279 g/mol. The highest BCUT2D eigenvalue weighted by Crippen LogP contribution is 2.13. The summed E-state index contributed by atoms with van der Waals surface area (Å²) in [6.07, 6.45) is 0. The molecule has 7 heteroatoms. The van der Waals surface area contributed by atoms with Crippen molar-refractivity contribution in [1.29, 1.82) is 0 Å². The van der Waals surface area contributed by atoms with Crippen LogP contribution in [0.2, 0.25) is 0 Å². The Hall–Kier alpha value is -1.60. The Morgan fingerprint density at radius 1 is 1.25 bits per heavy atom. The summed E-state index contributed by atoms with van der Waals surface area (Å²) in [5, 5.41) is 6.52. The molecule has 2 heterocycles. The molecule has 4 N–H and O–H groups in total. The van der Waals surface area contributed by atoms with E-state index in [4.69, 9.17) is 5.73 Å². The lowest BCUT2D eigenvalue weighted by Gasteiger charge is -2.37. The van der Waals surface area contributed by atoms with Gasteiger partial charge in [-0.05, 0) is 21.0 Å². The minimum atomic E-state index is 0.292. The molecule has 1 aromatic heterocycles. The second kappa shape index (κ2) is 6.71. The first-order valence-electron chi connectivity index (χ1n) is 7.09. The highest BCUT2D eigenvalue weighted by Gasteiger charge is 2.21. The van der Waals surface area contributed by atoms with Crippen LogP contribution in [0.1, 0.15) is 6.92 Å². The molecular weight excluding hydrogens is 254 g/mol. The highest BCUT2D eigenvalue weighted by atomic mass is 15.3. The standard InChI is InChI=1S/C13H25N7/c1-4-15-11-7-12(18-13(14)17-11)16-8-10-9-19(2)5-6-20(10)3/h7,10H,4-6,8-9H2,1-3H3,(H4,14,15,16,17,18). The molecule has 0 saturated carbocycles. The number of hydrogen-bond acceptors (Lipinski definition) is 7. The normalized spacial score (nSPS) is 20.9. The van der Waals surface area contributed by atoms with Crippen LogP contribution in [0, 0.1) is 0 Å². The Kier molecular flexibility index (Phi) is 4.97. The van der Waals surface area contributed by atoms with Crippen molar-refractivity contribution in [3.05, 3.63) is 6.07 Å². The molecule has 1 saturated heterocycles. The van der Waals surface area contributed by atoms with E-state index in [1.165, 1.54) is 0 Å². The van der Waals surface area contributed by atoms with Crippen molar-refractivity contribution in [3.63, 3.8) is 0 Å². The molecule has 0 spiro atoms. The van der Waals surface area contributed by atoms with Crippen molar-refractivity contribution in [2.75, 3.05) is 63.2 Å². The summed E-state index contributed by atoms with van der Waals surface area (Å²) in [4.78, 5) is 13.1. The number of nitrogen functional groups attached to an aromatic ring is 1. The Balaban J connectivity index is 1.95. The highest BCUT2D eigenvalue weighted by molar-refractivity contribution is 5.51. The van der Waals surface area contributed by atoms with Crippen molar-refractivity contribution in [3.8, 4) is 0 Å². The smallest absolute Gasteiger partial charge is 0.223 e. The number of anilines is 3. The van der Waals surface area contributed by atoms with Gasteiger partial charge in [0.2, 0.25) is 5.95 Å². The minimum Gasteiger partial charge on any atom is -0.370 e. The van der Waals surface area contributed by atoms with Gasteiger partial charge in [0.05, 0.1) is 0 Å². The lowest BCUT2D eigenvalue weighted by atomic mass is 10.2. The van der Waals surface area contributed by atoms with Crippen LogP contribution in [0.25, 0.3) is 0 Å². The fourth-order valence-electron chi connectivity index (χ4n) is 2.37. The molecule has 112 valence electrons. The minimum absolute atomic E-state index is 0.292. The van der Waals surface area contributed by atoms with Crippen molar-refractivity contribution in [2.24, 2.45) is 0 Å². The summed E-state index contributed by atoms with van der Waals surface area (Å²) in [7, 11) is 4.32. The molecular formula is C13H25N7. The third-order valence-corrected chi connectivity index (χ3v) is 3.60. The first kappa shape index (κ1) is 14.8. The van der Waals surface area contributed by atoms with Gasteiger partial charge in [0, 0.05) is 44.8 Å². The molecule has 1 unspecified atom stereocenters. The maximum Gasteiger partial charge on any atom is 0.223 e. The van der Waals surface area contributed by atoms with Crippen LogP contribution in [0.3, 0.4) is 0 Å². The Morgan fingerprint density at radius 2 is 1.95 bits per heavy atom. The van der Waals surface area contributed by atoms with E-state index < -0.39 is 0 Å². The molecule has 0 aromatic carbocycles. The van der Waals surface area contributed by atoms with Gasteiger partial charge in [-0.25, -0.2) is 0 Å². The Labute approximate surface area is 120 Å². The molecule has 1 fully saturated rings. The van der Waals surface area contributed by atoms with Crippen LogP contribution in [0.5, 0.6) is 0 Å². The van der Waals surface area contributed by atoms with Gasteiger partial charge in [-0.1, -0.05) is 0 Å². The van der Waals surface area contributed by atoms with E-state index in [1.807, 2.05) is 13.0 Å². The molecule has 0 bridgehead atoms. The third-order valence-electron chi connectivity index (χ3n) is 3.60. The summed E-state index contributed by atoms with van der Waals surface area (Å²) in [5.74, 6) is 1.83. The SMILES string of the molecule is CCNc1cc(NCC2CN(C)CCN2C)nc(N)n1. The van der Waals surface area contributed by atoms with E-state index in [1.54, 1.807) is 0 Å². The summed E-state index contributed by atoms with van der Waals surface area (Å²) >= 11 is 0. The molecule has 0 aliphatic carbocycles. The third kappa shape index (κ3) is 3.94. The topological polar surface area (TPSA) is 82.3 Å². The summed E-state index contributed by atoms with van der Waals surface area (Å²) in [5.41, 5.74) is 5.73. The molecule has 2 rings (SSSR count). The van der Waals surface area contributed by atoms with Crippen LogP contribution in [-0.2, 0) is 0 Å². The predicted molar refractivity (Wildman–Crippen MR) is 83.0 cm³/mol. The van der Waals surface area contributed by atoms with E-state index in [0.717, 1.165) is 44.4 Å². The van der Waals surface area contributed by atoms with Crippen molar-refractivity contribution >= 4 is 17.6 Å². The Morgan fingerprint density at radius 3 is 2.65 bits per heavy atom. The second-order valence-corrected chi connectivity index (χ2v) is 5.30. The van der Waals surface area contributed by atoms with Crippen LogP contribution >= 0.6 is 0 Å². The van der Waals surface area contributed by atoms with Crippen LogP contribution in [0.15, 0.2) is 6.07 Å². The second-order valence-electron chi connectivity index (χ2n) is 5.30. The molecule has 1 aliphatic heterocycles. The van der Waals surface area contributed by atoms with Gasteiger partial charge in [0.15, 0.2) is 0 Å². The molecule has 7 nitrogen and oxygen atoms in total. The lowest BCUT2D eigenvalue weighted by Crippen LogP contribution is -2.52. The number of likely N-dealkylation sites (N-methyl/N-ethyl adjacent to an activating group) is 2. The fourth-order valence-corrected chi connectivity index (χ4v) is 2.37. The van der Waals surface area contributed by atoms with Crippen molar-refractivity contribution < 1.29 is 0 Å². The number of piperazine rings is 1. The predicted octanol–water partition coefficient (Wildman–Crippen LogP) is 0.148. The zero-order chi connectivity index (χ0) is 14.5. The first-order chi connectivity index (χ1) is 9.58. The average molecular weight is 279 g/mol. The molecule has 20 heavy (non-hydrogen) atoms. The molecule has 1 atom stereocenters. The summed E-state index contributed by atoms with van der Waals surface area (Å²) < 4.78 is 0. The first-order valence-corrected chi connectivity index (χ1v) is 7.09. The van der Waals surface area contributed by atoms with E-state index in [9.17, 15) is 0 Å². The molecule has 1 aliphatic rings. The molecule has 0 radical (unpaired) electrons. The summed E-state index contributed by atoms with van der Waals surface area (Å²) in [6.45, 7) is 6.96. The fraction of sp³-hybridized carbons (Fsp3) is 0.692. The number of aromatic nitrogens is 2. The maximum absolute atomic E-state index is 5.73. The van der Waals surface area contributed by atoms with Gasteiger partial charge in [-0.15, -0.1) is 0 Å². The average Bonchev–Trinajstić information content (AvgIpc) is 2.40. The van der Waals surface area contributed by atoms with Crippen LogP contribution in [0.4, 0.5) is 17.6 Å². The van der Waals surface area contributed by atoms with E-state index in [0.29, 0.717) is 12.0 Å². The summed E-state index contributed by atoms with van der Waals surface area (Å²) in [6, 6.07) is 2.37. The van der Waals surface area contributed by atoms with E-state index in [2.05, 4.69) is 44.5 Å².